The molecule has 1 amide bonds. The number of amides is 1. The van der Waals surface area contributed by atoms with E-state index in [0.29, 0.717) is 17.6 Å². The Morgan fingerprint density at radius 1 is 1.33 bits per heavy atom. The maximum atomic E-state index is 12.7. The molecule has 0 aliphatic carbocycles. The third-order valence-electron chi connectivity index (χ3n) is 4.77. The molecule has 1 aromatic carbocycles. The molecule has 11 heteroatoms. The lowest BCUT2D eigenvalue weighted by Crippen LogP contribution is -2.36. The Kier molecular flexibility index (Phi) is 5.74. The van der Waals surface area contributed by atoms with Crippen molar-refractivity contribution in [3.63, 3.8) is 0 Å². The highest BCUT2D eigenvalue weighted by molar-refractivity contribution is 8.15. The van der Waals surface area contributed by atoms with Gasteiger partial charge in [-0.1, -0.05) is 11.8 Å². The van der Waals surface area contributed by atoms with E-state index in [1.807, 2.05) is 38.1 Å². The third kappa shape index (κ3) is 4.62. The zero-order valence-corrected chi connectivity index (χ0v) is 18.3. The molecular weight excluding hydrogens is 426 g/mol. The number of thioether (sulfide) groups is 1. The molecular formula is C19H23N5O4S2. The monoisotopic (exact) mass is 449 g/mol. The number of H-pyrrole nitrogens is 1. The van der Waals surface area contributed by atoms with E-state index in [-0.39, 0.29) is 35.2 Å². The highest BCUT2D eigenvalue weighted by atomic mass is 32.2. The first-order valence-electron chi connectivity index (χ1n) is 9.60. The molecule has 2 aliphatic heterocycles. The van der Waals surface area contributed by atoms with Crippen molar-refractivity contribution in [2.75, 3.05) is 34.9 Å². The lowest BCUT2D eigenvalue weighted by molar-refractivity contribution is -0.114. The highest BCUT2D eigenvalue weighted by Gasteiger charge is 2.44. The van der Waals surface area contributed by atoms with Crippen LogP contribution in [0.1, 0.15) is 12.6 Å². The summed E-state index contributed by atoms with van der Waals surface area (Å²) < 4.78 is 29.3. The zero-order valence-electron chi connectivity index (χ0n) is 16.7. The van der Waals surface area contributed by atoms with Gasteiger partial charge < -0.3 is 15.0 Å². The first kappa shape index (κ1) is 20.7. The molecule has 3 heterocycles. The lowest BCUT2D eigenvalue weighted by atomic mass is 10.2. The van der Waals surface area contributed by atoms with Crippen LogP contribution in [-0.2, 0) is 14.6 Å². The second-order valence-electron chi connectivity index (χ2n) is 7.21. The Balaban J connectivity index is 1.56. The number of anilines is 2. The number of aromatic nitrogens is 2. The average Bonchev–Trinajstić information content (AvgIpc) is 3.33. The normalized spacial score (nSPS) is 21.7. The minimum absolute atomic E-state index is 0.0257. The number of rotatable bonds is 6. The second kappa shape index (κ2) is 8.31. The van der Waals surface area contributed by atoms with E-state index in [4.69, 9.17) is 4.74 Å². The molecule has 4 rings (SSSR count). The quantitative estimate of drug-likeness (QED) is 0.691. The van der Waals surface area contributed by atoms with Gasteiger partial charge in [0.05, 0.1) is 24.2 Å². The van der Waals surface area contributed by atoms with E-state index >= 15 is 0 Å². The summed E-state index contributed by atoms with van der Waals surface area (Å²) in [5, 5.41) is 10.1. The summed E-state index contributed by atoms with van der Waals surface area (Å²) in [6.07, 6.45) is 0. The zero-order chi connectivity index (χ0) is 21.3. The number of aryl methyl sites for hydroxylation is 1. The van der Waals surface area contributed by atoms with Crippen LogP contribution in [0.2, 0.25) is 0 Å². The van der Waals surface area contributed by atoms with E-state index in [0.717, 1.165) is 17.1 Å². The summed E-state index contributed by atoms with van der Waals surface area (Å²) in [6.45, 7) is 4.36. The standard InChI is InChI=1S/C19H23N5O4S2/c1-3-28-14-6-4-13(5-7-14)24(9-18(25)21-17-8-12(2)22-23-17)19-20-15-10-30(26,27)11-16(15)29-19/h4-8,15-16H,3,9-11H2,1-2H3,(H2,21,22,23,25)/t15-,16+/m0/s1. The van der Waals surface area contributed by atoms with Gasteiger partial charge in [-0.2, -0.15) is 5.10 Å². The van der Waals surface area contributed by atoms with E-state index in [1.54, 1.807) is 11.0 Å². The number of benzene rings is 1. The first-order valence-corrected chi connectivity index (χ1v) is 12.3. The Morgan fingerprint density at radius 3 is 2.73 bits per heavy atom. The molecule has 0 spiro atoms. The van der Waals surface area contributed by atoms with Gasteiger partial charge in [0.1, 0.15) is 12.3 Å². The summed E-state index contributed by atoms with van der Waals surface area (Å²) >= 11 is 1.42. The number of amidine groups is 1. The van der Waals surface area contributed by atoms with Gasteiger partial charge in [-0.05, 0) is 38.1 Å². The Bertz CT molecular complexity index is 1060. The summed E-state index contributed by atoms with van der Waals surface area (Å²) in [4.78, 5) is 19.1. The van der Waals surface area contributed by atoms with Crippen molar-refractivity contribution in [1.82, 2.24) is 10.2 Å². The number of aromatic amines is 1. The molecule has 160 valence electrons. The smallest absolute Gasteiger partial charge is 0.245 e. The van der Waals surface area contributed by atoms with Crippen LogP contribution in [-0.4, -0.2) is 65.6 Å². The number of ether oxygens (including phenoxy) is 1. The number of sulfone groups is 1. The topological polar surface area (TPSA) is 117 Å². The van der Waals surface area contributed by atoms with Gasteiger partial charge in [0.15, 0.2) is 20.8 Å². The van der Waals surface area contributed by atoms with Crippen molar-refractivity contribution in [2.45, 2.75) is 25.1 Å². The van der Waals surface area contributed by atoms with Crippen molar-refractivity contribution >= 4 is 44.2 Å². The molecule has 0 unspecified atom stereocenters. The molecule has 0 bridgehead atoms. The predicted octanol–water partition coefficient (Wildman–Crippen LogP) is 1.83. The van der Waals surface area contributed by atoms with Crippen LogP contribution in [0.15, 0.2) is 35.3 Å². The molecule has 30 heavy (non-hydrogen) atoms. The molecule has 1 saturated heterocycles. The Labute approximate surface area is 179 Å². The lowest BCUT2D eigenvalue weighted by Gasteiger charge is -2.24. The maximum Gasteiger partial charge on any atom is 0.245 e. The summed E-state index contributed by atoms with van der Waals surface area (Å²) in [7, 11) is -3.05. The second-order valence-corrected chi connectivity index (χ2v) is 10.6. The largest absolute Gasteiger partial charge is 0.494 e. The number of nitrogens with zero attached hydrogens (tertiary/aromatic N) is 3. The Morgan fingerprint density at radius 2 is 2.10 bits per heavy atom. The molecule has 1 aromatic heterocycles. The Hall–Kier alpha value is -2.53. The van der Waals surface area contributed by atoms with Crippen LogP contribution >= 0.6 is 11.8 Å². The average molecular weight is 450 g/mol. The molecule has 1 fully saturated rings. The van der Waals surface area contributed by atoms with Crippen LogP contribution in [0.25, 0.3) is 0 Å². The van der Waals surface area contributed by atoms with Gasteiger partial charge in [-0.3, -0.25) is 14.9 Å². The highest BCUT2D eigenvalue weighted by Crippen LogP contribution is 2.37. The van der Waals surface area contributed by atoms with Crippen molar-refractivity contribution in [1.29, 1.82) is 0 Å². The fraction of sp³-hybridized carbons (Fsp3) is 0.421. The number of carbonyl (C=O) groups is 1. The number of aliphatic imine (C=N–C) groups is 1. The first-order chi connectivity index (χ1) is 14.3. The van der Waals surface area contributed by atoms with E-state index < -0.39 is 9.84 Å². The maximum absolute atomic E-state index is 12.7. The van der Waals surface area contributed by atoms with Crippen LogP contribution in [0.3, 0.4) is 0 Å². The number of hydrogen-bond donors (Lipinski definition) is 2. The van der Waals surface area contributed by atoms with Crippen molar-refractivity contribution in [3.05, 3.63) is 36.0 Å². The van der Waals surface area contributed by atoms with E-state index in [1.165, 1.54) is 11.8 Å². The van der Waals surface area contributed by atoms with Gasteiger partial charge in [0.2, 0.25) is 5.91 Å². The number of fused-ring (bicyclic) bond motifs is 1. The minimum Gasteiger partial charge on any atom is -0.494 e. The van der Waals surface area contributed by atoms with Gasteiger partial charge in [-0.15, -0.1) is 0 Å². The molecule has 9 nitrogen and oxygen atoms in total. The van der Waals surface area contributed by atoms with Gasteiger partial charge in [0.25, 0.3) is 0 Å². The third-order valence-corrected chi connectivity index (χ3v) is 8.02. The minimum atomic E-state index is -3.05. The number of hydrogen-bond acceptors (Lipinski definition) is 8. The number of carbonyl (C=O) groups excluding carboxylic acids is 1. The fourth-order valence-electron chi connectivity index (χ4n) is 3.44. The molecule has 2 aromatic rings. The molecule has 2 N–H and O–H groups in total. The van der Waals surface area contributed by atoms with Crippen LogP contribution in [0, 0.1) is 6.92 Å². The van der Waals surface area contributed by atoms with Crippen LogP contribution < -0.4 is 15.0 Å². The van der Waals surface area contributed by atoms with Gasteiger partial charge in [-0.25, -0.2) is 8.42 Å². The fourth-order valence-corrected chi connectivity index (χ4v) is 7.22. The van der Waals surface area contributed by atoms with Crippen molar-refractivity contribution < 1.29 is 17.9 Å². The van der Waals surface area contributed by atoms with Crippen LogP contribution in [0.4, 0.5) is 11.5 Å². The van der Waals surface area contributed by atoms with Crippen LogP contribution in [0.5, 0.6) is 5.75 Å². The van der Waals surface area contributed by atoms with Crippen molar-refractivity contribution in [3.8, 4) is 5.75 Å². The summed E-state index contributed by atoms with van der Waals surface area (Å²) in [5.41, 5.74) is 1.62. The van der Waals surface area contributed by atoms with E-state index in [9.17, 15) is 13.2 Å². The molecule has 0 radical (unpaired) electrons. The molecule has 2 aliphatic rings. The summed E-state index contributed by atoms with van der Waals surface area (Å²) in [6, 6.07) is 8.89. The number of nitrogens with one attached hydrogen (secondary N) is 2. The van der Waals surface area contributed by atoms with E-state index in [2.05, 4.69) is 20.5 Å². The van der Waals surface area contributed by atoms with Crippen molar-refractivity contribution in [2.24, 2.45) is 4.99 Å². The van der Waals surface area contributed by atoms with Gasteiger partial charge >= 0.3 is 0 Å². The SMILES string of the molecule is CCOc1ccc(N(CC(=O)Nc2cc(C)[nH]n2)C2=N[C@H]3CS(=O)(=O)C[C@H]3S2)cc1. The molecule has 2 atom stereocenters. The van der Waals surface area contributed by atoms with Gasteiger partial charge in [0, 0.05) is 22.7 Å². The summed E-state index contributed by atoms with van der Waals surface area (Å²) in [5.74, 6) is 1.12. The predicted molar refractivity (Wildman–Crippen MR) is 118 cm³/mol. The molecule has 0 saturated carbocycles.